The van der Waals surface area contributed by atoms with E-state index in [-0.39, 0.29) is 25.1 Å². The zero-order valence-corrected chi connectivity index (χ0v) is 23.8. The third kappa shape index (κ3) is 27.1. The first-order valence-corrected chi connectivity index (χ1v) is 15.2. The van der Waals surface area contributed by atoms with Crippen LogP contribution >= 0.6 is 7.82 Å². The Balaban J connectivity index is 0.00000122. The summed E-state index contributed by atoms with van der Waals surface area (Å²) in [5.74, 6) is -1.02. The second-order valence-corrected chi connectivity index (χ2v) is 10.3. The van der Waals surface area contributed by atoms with Crippen molar-refractivity contribution in [2.45, 2.75) is 110 Å². The number of unbranched alkanes of at least 4 members (excludes halogenated alkanes) is 9. The van der Waals surface area contributed by atoms with E-state index < -0.39 is 13.8 Å². The molecule has 1 rings (SSSR count). The molecule has 1 heterocycles. The molecule has 1 saturated heterocycles. The van der Waals surface area contributed by atoms with Crippen LogP contribution in [0.1, 0.15) is 104 Å². The molecule has 9 heteroatoms. The van der Waals surface area contributed by atoms with Gasteiger partial charge in [0.1, 0.15) is 6.10 Å². The Bertz CT molecular complexity index is 700. The second kappa shape index (κ2) is 24.6. The summed E-state index contributed by atoms with van der Waals surface area (Å²) in [6.45, 7) is 8.54. The molecule has 37 heavy (non-hydrogen) atoms. The molecule has 0 bridgehead atoms. The van der Waals surface area contributed by atoms with E-state index >= 15 is 0 Å². The van der Waals surface area contributed by atoms with Gasteiger partial charge >= 0.3 is 19.8 Å². The number of carbonyl (C=O) groups is 2. The highest BCUT2D eigenvalue weighted by atomic mass is 31.2. The number of rotatable bonds is 22. The number of carbonyl (C=O) groups excluding carboxylic acids is 2. The van der Waals surface area contributed by atoms with Crippen LogP contribution in [0.2, 0.25) is 0 Å². The maximum absolute atomic E-state index is 11.6. The van der Waals surface area contributed by atoms with Crippen molar-refractivity contribution in [1.29, 1.82) is 0 Å². The lowest BCUT2D eigenvalue weighted by atomic mass is 10.1. The van der Waals surface area contributed by atoms with Crippen molar-refractivity contribution in [2.75, 3.05) is 19.8 Å². The van der Waals surface area contributed by atoms with Crippen molar-refractivity contribution in [3.63, 3.8) is 0 Å². The lowest BCUT2D eigenvalue weighted by Gasteiger charge is -2.10. The van der Waals surface area contributed by atoms with E-state index in [1.807, 2.05) is 6.92 Å². The molecule has 2 unspecified atom stereocenters. The van der Waals surface area contributed by atoms with Gasteiger partial charge in [0.25, 0.3) is 0 Å². The van der Waals surface area contributed by atoms with Crippen molar-refractivity contribution in [1.82, 2.24) is 0 Å². The largest absolute Gasteiger partial charge is 0.529 e. The zero-order chi connectivity index (χ0) is 27.6. The zero-order valence-electron chi connectivity index (χ0n) is 22.9. The lowest BCUT2D eigenvalue weighted by molar-refractivity contribution is -0.138. The van der Waals surface area contributed by atoms with E-state index in [9.17, 15) is 19.0 Å². The number of hydrogen-bond donors (Lipinski definition) is 1. The van der Waals surface area contributed by atoms with Gasteiger partial charge in [0.05, 0.1) is 19.8 Å². The molecule has 0 aromatic carbocycles. The Morgan fingerprint density at radius 3 is 2.14 bits per heavy atom. The summed E-state index contributed by atoms with van der Waals surface area (Å²) in [5.41, 5.74) is 0. The number of allylic oxidation sites excluding steroid dienone is 4. The molecule has 0 saturated carbocycles. The standard InChI is InChI=1S/C21H37O6P.C7H12O2/c1-2-3-4-5-6-7-8-9-10-11-12-13-14-15-16-17-21(22)27-28(23,24)26-19-20-18-25-20;1-3-5-6-9-7(8)4-2/h6-7,9-10,20H,2-5,8,11-19H2,1H3,(H,23,24);4H,2-3,5-6H2,1H3/b7-6-,10-9-;. The number of phosphoric ester groups is 1. The molecule has 0 aromatic rings. The smallest absolute Gasteiger partial charge is 0.463 e. The molecule has 0 spiro atoms. The summed E-state index contributed by atoms with van der Waals surface area (Å²) in [6.07, 6.45) is 24.1. The number of hydrogen-bond acceptors (Lipinski definition) is 7. The molecule has 0 aliphatic carbocycles. The maximum Gasteiger partial charge on any atom is 0.529 e. The SMILES string of the molecule is C=CC(=O)OCCCC.CCCCC/C=C\C/C=C\CCCCCCCC(=O)OP(=O)(O)OCC1CO1. The van der Waals surface area contributed by atoms with Crippen LogP contribution in [0.3, 0.4) is 0 Å². The van der Waals surface area contributed by atoms with Crippen molar-refractivity contribution < 1.29 is 37.6 Å². The maximum atomic E-state index is 11.6. The van der Waals surface area contributed by atoms with E-state index in [1.165, 1.54) is 31.8 Å². The molecule has 1 fully saturated rings. The van der Waals surface area contributed by atoms with Gasteiger partial charge in [-0.15, -0.1) is 0 Å². The van der Waals surface area contributed by atoms with Crippen LogP contribution in [-0.4, -0.2) is 42.8 Å². The summed E-state index contributed by atoms with van der Waals surface area (Å²) in [5, 5.41) is 0. The van der Waals surface area contributed by atoms with Crippen LogP contribution in [0.4, 0.5) is 0 Å². The molecule has 214 valence electrons. The predicted octanol–water partition coefficient (Wildman–Crippen LogP) is 7.37. The molecular weight excluding hydrogens is 495 g/mol. The van der Waals surface area contributed by atoms with Gasteiger partial charge in [-0.3, -0.25) is 14.2 Å². The first-order valence-electron chi connectivity index (χ1n) is 13.7. The molecule has 1 aliphatic rings. The Morgan fingerprint density at radius 1 is 0.946 bits per heavy atom. The average Bonchev–Trinajstić information content (AvgIpc) is 3.70. The highest BCUT2D eigenvalue weighted by Gasteiger charge is 2.31. The summed E-state index contributed by atoms with van der Waals surface area (Å²) in [7, 11) is -4.29. The van der Waals surface area contributed by atoms with Crippen molar-refractivity contribution in [2.24, 2.45) is 0 Å². The van der Waals surface area contributed by atoms with E-state index in [4.69, 9.17) is 4.74 Å². The van der Waals surface area contributed by atoms with E-state index in [0.717, 1.165) is 51.4 Å². The van der Waals surface area contributed by atoms with Gasteiger partial charge in [0.2, 0.25) is 0 Å². The molecule has 0 amide bonds. The van der Waals surface area contributed by atoms with Gasteiger partial charge in [-0.1, -0.05) is 83.3 Å². The van der Waals surface area contributed by atoms with Gasteiger partial charge in [-0.2, -0.15) is 0 Å². The number of esters is 1. The topological polar surface area (TPSA) is 112 Å². The summed E-state index contributed by atoms with van der Waals surface area (Å²) in [6, 6.07) is 0. The molecule has 0 aromatic heterocycles. The number of phosphoric acid groups is 1. The molecule has 2 atom stereocenters. The minimum atomic E-state index is -4.29. The van der Waals surface area contributed by atoms with E-state index in [2.05, 4.69) is 51.6 Å². The van der Waals surface area contributed by atoms with Crippen LogP contribution in [0.15, 0.2) is 37.0 Å². The Kier molecular flexibility index (Phi) is 23.4. The number of epoxide rings is 1. The first kappa shape index (κ1) is 35.3. The van der Waals surface area contributed by atoms with Gasteiger partial charge in [-0.25, -0.2) is 9.36 Å². The van der Waals surface area contributed by atoms with Crippen LogP contribution in [0.25, 0.3) is 0 Å². The third-order valence-electron chi connectivity index (χ3n) is 5.28. The first-order chi connectivity index (χ1) is 17.8. The van der Waals surface area contributed by atoms with Gasteiger partial charge in [0.15, 0.2) is 0 Å². The fraction of sp³-hybridized carbons (Fsp3) is 0.714. The van der Waals surface area contributed by atoms with Crippen molar-refractivity contribution >= 4 is 19.8 Å². The summed E-state index contributed by atoms with van der Waals surface area (Å²) < 4.78 is 30.3. The summed E-state index contributed by atoms with van der Waals surface area (Å²) >= 11 is 0. The van der Waals surface area contributed by atoms with Crippen LogP contribution in [0, 0.1) is 0 Å². The minimum absolute atomic E-state index is 0.0231. The minimum Gasteiger partial charge on any atom is -0.463 e. The third-order valence-corrected chi connectivity index (χ3v) is 6.19. The highest BCUT2D eigenvalue weighted by Crippen LogP contribution is 2.44. The molecular formula is C28H49O8P. The second-order valence-electron chi connectivity index (χ2n) is 8.89. The monoisotopic (exact) mass is 544 g/mol. The molecule has 8 nitrogen and oxygen atoms in total. The van der Waals surface area contributed by atoms with Crippen LogP contribution in [0.5, 0.6) is 0 Å². The van der Waals surface area contributed by atoms with E-state index in [1.54, 1.807) is 0 Å². The summed E-state index contributed by atoms with van der Waals surface area (Å²) in [4.78, 5) is 31.3. The van der Waals surface area contributed by atoms with Crippen LogP contribution in [-0.2, 0) is 32.7 Å². The number of ether oxygens (including phenoxy) is 2. The lowest BCUT2D eigenvalue weighted by Crippen LogP contribution is -2.07. The molecule has 1 N–H and O–H groups in total. The van der Waals surface area contributed by atoms with E-state index in [0.29, 0.717) is 19.6 Å². The molecule has 1 aliphatic heterocycles. The molecule has 0 radical (unpaired) electrons. The Hall–Kier alpha value is -1.73. The fourth-order valence-electron chi connectivity index (χ4n) is 3.00. The fourth-order valence-corrected chi connectivity index (χ4v) is 3.76. The van der Waals surface area contributed by atoms with Gasteiger partial charge < -0.3 is 14.0 Å². The van der Waals surface area contributed by atoms with Gasteiger partial charge in [-0.05, 0) is 44.9 Å². The van der Waals surface area contributed by atoms with Gasteiger partial charge in [0, 0.05) is 12.5 Å². The Morgan fingerprint density at radius 2 is 1.54 bits per heavy atom. The van der Waals surface area contributed by atoms with Crippen molar-refractivity contribution in [3.05, 3.63) is 37.0 Å². The van der Waals surface area contributed by atoms with Crippen molar-refractivity contribution in [3.8, 4) is 0 Å². The predicted molar refractivity (Wildman–Crippen MR) is 147 cm³/mol. The highest BCUT2D eigenvalue weighted by molar-refractivity contribution is 7.48. The Labute approximate surface area is 224 Å². The quantitative estimate of drug-likeness (QED) is 0.0375. The average molecular weight is 545 g/mol. The normalized spacial score (nSPS) is 16.1. The van der Waals surface area contributed by atoms with Crippen LogP contribution < -0.4 is 0 Å².